The van der Waals surface area contributed by atoms with E-state index in [1.54, 1.807) is 12.1 Å². The number of aliphatic hydroxyl groups is 1. The number of hydrogen-bond donors (Lipinski definition) is 1. The quantitative estimate of drug-likeness (QED) is 0.644. The maximum absolute atomic E-state index is 10.9. The standard InChI is InChI=1S/C12H15NO4/c14-8-9-5-6-12(11(7-9)13(15)16)17-10-3-1-2-4-10/h5-7,10,14H,1-4,8H2. The molecule has 0 bridgehead atoms. The lowest BCUT2D eigenvalue weighted by Gasteiger charge is -2.13. The van der Waals surface area contributed by atoms with Gasteiger partial charge >= 0.3 is 5.69 Å². The van der Waals surface area contributed by atoms with Crippen molar-refractivity contribution in [1.82, 2.24) is 0 Å². The second-order valence-electron chi connectivity index (χ2n) is 4.24. The van der Waals surface area contributed by atoms with Crippen molar-refractivity contribution in [3.63, 3.8) is 0 Å². The maximum Gasteiger partial charge on any atom is 0.311 e. The molecule has 1 aliphatic rings. The Labute approximate surface area is 99.2 Å². The van der Waals surface area contributed by atoms with Gasteiger partial charge in [0.1, 0.15) is 0 Å². The molecule has 0 saturated heterocycles. The molecule has 1 aliphatic carbocycles. The van der Waals surface area contributed by atoms with E-state index in [1.807, 2.05) is 0 Å². The van der Waals surface area contributed by atoms with Crippen molar-refractivity contribution < 1.29 is 14.8 Å². The van der Waals surface area contributed by atoms with Gasteiger partial charge in [0.2, 0.25) is 0 Å². The van der Waals surface area contributed by atoms with Crippen LogP contribution in [0.5, 0.6) is 5.75 Å². The number of benzene rings is 1. The third-order valence-electron chi connectivity index (χ3n) is 3.00. The zero-order valence-corrected chi connectivity index (χ0v) is 9.46. The number of nitro benzene ring substituents is 1. The van der Waals surface area contributed by atoms with Crippen LogP contribution in [0.4, 0.5) is 5.69 Å². The molecule has 1 saturated carbocycles. The summed E-state index contributed by atoms with van der Waals surface area (Å²) in [6, 6.07) is 4.59. The van der Waals surface area contributed by atoms with Gasteiger partial charge in [-0.3, -0.25) is 10.1 Å². The van der Waals surface area contributed by atoms with Gasteiger partial charge in [-0.05, 0) is 37.3 Å². The van der Waals surface area contributed by atoms with Crippen molar-refractivity contribution >= 4 is 5.69 Å². The first-order valence-electron chi connectivity index (χ1n) is 5.75. The van der Waals surface area contributed by atoms with Crippen LogP contribution in [0, 0.1) is 10.1 Å². The highest BCUT2D eigenvalue weighted by atomic mass is 16.6. The molecular formula is C12H15NO4. The van der Waals surface area contributed by atoms with Gasteiger partial charge in [0.15, 0.2) is 5.75 Å². The summed E-state index contributed by atoms with van der Waals surface area (Å²) in [5.74, 6) is 0.305. The van der Waals surface area contributed by atoms with Gasteiger partial charge < -0.3 is 9.84 Å². The summed E-state index contributed by atoms with van der Waals surface area (Å²) < 4.78 is 5.64. The third kappa shape index (κ3) is 2.74. The fourth-order valence-electron chi connectivity index (χ4n) is 2.09. The first-order valence-corrected chi connectivity index (χ1v) is 5.75. The summed E-state index contributed by atoms with van der Waals surface area (Å²) in [5, 5.41) is 19.9. The molecule has 1 aromatic carbocycles. The van der Waals surface area contributed by atoms with Crippen LogP contribution >= 0.6 is 0 Å². The highest BCUT2D eigenvalue weighted by Gasteiger charge is 2.22. The topological polar surface area (TPSA) is 72.6 Å². The van der Waals surface area contributed by atoms with Gasteiger partial charge in [-0.1, -0.05) is 6.07 Å². The van der Waals surface area contributed by atoms with Crippen LogP contribution in [-0.4, -0.2) is 16.1 Å². The number of rotatable bonds is 4. The highest BCUT2D eigenvalue weighted by molar-refractivity contribution is 5.48. The molecule has 0 spiro atoms. The Balaban J connectivity index is 2.22. The van der Waals surface area contributed by atoms with E-state index >= 15 is 0 Å². The molecule has 2 rings (SSSR count). The van der Waals surface area contributed by atoms with Crippen molar-refractivity contribution in [2.45, 2.75) is 38.4 Å². The van der Waals surface area contributed by atoms with Crippen LogP contribution in [0.15, 0.2) is 18.2 Å². The summed E-state index contributed by atoms with van der Waals surface area (Å²) in [7, 11) is 0. The Kier molecular flexibility index (Phi) is 3.58. The summed E-state index contributed by atoms with van der Waals surface area (Å²) >= 11 is 0. The molecular weight excluding hydrogens is 222 g/mol. The van der Waals surface area contributed by atoms with E-state index in [1.165, 1.54) is 6.07 Å². The lowest BCUT2D eigenvalue weighted by Crippen LogP contribution is -2.12. The Bertz CT molecular complexity index is 413. The molecule has 17 heavy (non-hydrogen) atoms. The van der Waals surface area contributed by atoms with E-state index in [0.29, 0.717) is 11.3 Å². The molecule has 0 atom stereocenters. The molecule has 0 aliphatic heterocycles. The summed E-state index contributed by atoms with van der Waals surface area (Å²) in [4.78, 5) is 10.4. The second-order valence-corrected chi connectivity index (χ2v) is 4.24. The average Bonchev–Trinajstić information content (AvgIpc) is 2.82. The molecule has 1 aromatic rings. The molecule has 0 radical (unpaired) electrons. The number of ether oxygens (including phenoxy) is 1. The lowest BCUT2D eigenvalue weighted by atomic mass is 10.2. The fraction of sp³-hybridized carbons (Fsp3) is 0.500. The molecule has 0 amide bonds. The molecule has 92 valence electrons. The summed E-state index contributed by atoms with van der Waals surface area (Å²) in [6.07, 6.45) is 4.24. The second kappa shape index (κ2) is 5.14. The van der Waals surface area contributed by atoms with Gasteiger partial charge in [-0.15, -0.1) is 0 Å². The third-order valence-corrected chi connectivity index (χ3v) is 3.00. The van der Waals surface area contributed by atoms with E-state index in [2.05, 4.69) is 0 Å². The van der Waals surface area contributed by atoms with E-state index < -0.39 is 4.92 Å². The number of nitro groups is 1. The van der Waals surface area contributed by atoms with Crippen LogP contribution in [0.3, 0.4) is 0 Å². The summed E-state index contributed by atoms with van der Waals surface area (Å²) in [5.41, 5.74) is 0.457. The van der Waals surface area contributed by atoms with Crippen molar-refractivity contribution in [3.05, 3.63) is 33.9 Å². The van der Waals surface area contributed by atoms with E-state index in [0.717, 1.165) is 25.7 Å². The van der Waals surface area contributed by atoms with Crippen LogP contribution in [-0.2, 0) is 6.61 Å². The van der Waals surface area contributed by atoms with Gasteiger partial charge in [0, 0.05) is 6.07 Å². The van der Waals surface area contributed by atoms with Crippen molar-refractivity contribution in [2.75, 3.05) is 0 Å². The zero-order valence-electron chi connectivity index (χ0n) is 9.46. The van der Waals surface area contributed by atoms with Crippen LogP contribution < -0.4 is 4.74 Å². The predicted octanol–water partition coefficient (Wildman–Crippen LogP) is 2.41. The van der Waals surface area contributed by atoms with E-state index in [9.17, 15) is 10.1 Å². The number of nitrogens with zero attached hydrogens (tertiary/aromatic N) is 1. The lowest BCUT2D eigenvalue weighted by molar-refractivity contribution is -0.386. The van der Waals surface area contributed by atoms with Crippen LogP contribution in [0.2, 0.25) is 0 Å². The Morgan fingerprint density at radius 2 is 2.12 bits per heavy atom. The minimum Gasteiger partial charge on any atom is -0.484 e. The van der Waals surface area contributed by atoms with Gasteiger partial charge in [0.25, 0.3) is 0 Å². The molecule has 0 unspecified atom stereocenters. The first-order chi connectivity index (χ1) is 8.20. The van der Waals surface area contributed by atoms with Crippen molar-refractivity contribution in [3.8, 4) is 5.75 Å². The van der Waals surface area contributed by atoms with Crippen molar-refractivity contribution in [2.24, 2.45) is 0 Å². The molecule has 0 aromatic heterocycles. The Morgan fingerprint density at radius 1 is 1.41 bits per heavy atom. The number of hydrogen-bond acceptors (Lipinski definition) is 4. The first kappa shape index (κ1) is 11.9. The van der Waals surface area contributed by atoms with Crippen LogP contribution in [0.1, 0.15) is 31.2 Å². The van der Waals surface area contributed by atoms with Gasteiger partial charge in [-0.2, -0.15) is 0 Å². The molecule has 5 heteroatoms. The predicted molar refractivity (Wildman–Crippen MR) is 61.9 cm³/mol. The van der Waals surface area contributed by atoms with E-state index in [-0.39, 0.29) is 18.4 Å². The van der Waals surface area contributed by atoms with E-state index in [4.69, 9.17) is 9.84 Å². The number of aliphatic hydroxyl groups excluding tert-OH is 1. The molecule has 0 heterocycles. The Hall–Kier alpha value is -1.62. The SMILES string of the molecule is O=[N+]([O-])c1cc(CO)ccc1OC1CCCC1. The minimum absolute atomic E-state index is 0.0662. The van der Waals surface area contributed by atoms with Crippen molar-refractivity contribution in [1.29, 1.82) is 0 Å². The van der Waals surface area contributed by atoms with Gasteiger partial charge in [-0.25, -0.2) is 0 Å². The molecule has 1 fully saturated rings. The smallest absolute Gasteiger partial charge is 0.311 e. The fourth-order valence-corrected chi connectivity index (χ4v) is 2.09. The largest absolute Gasteiger partial charge is 0.484 e. The minimum atomic E-state index is -0.469. The normalized spacial score (nSPS) is 16.1. The van der Waals surface area contributed by atoms with Gasteiger partial charge in [0.05, 0.1) is 17.6 Å². The summed E-state index contributed by atoms with van der Waals surface area (Å²) in [6.45, 7) is -0.204. The maximum atomic E-state index is 10.9. The van der Waals surface area contributed by atoms with Crippen LogP contribution in [0.25, 0.3) is 0 Å². The Morgan fingerprint density at radius 3 is 2.71 bits per heavy atom. The highest BCUT2D eigenvalue weighted by Crippen LogP contribution is 2.32. The average molecular weight is 237 g/mol. The zero-order chi connectivity index (χ0) is 12.3. The molecule has 5 nitrogen and oxygen atoms in total. The molecule has 1 N–H and O–H groups in total. The monoisotopic (exact) mass is 237 g/mol.